The number of halogens is 1. The van der Waals surface area contributed by atoms with Crippen LogP contribution in [0.15, 0.2) is 48.5 Å². The minimum absolute atomic E-state index is 0.00654. The Labute approximate surface area is 164 Å². The van der Waals surface area contributed by atoms with E-state index in [0.29, 0.717) is 16.4 Å². The number of hydrogen-bond donors (Lipinski definition) is 2. The van der Waals surface area contributed by atoms with Crippen molar-refractivity contribution in [3.05, 3.63) is 59.1 Å². The maximum atomic E-state index is 13.3. The third-order valence-electron chi connectivity index (χ3n) is 5.61. The van der Waals surface area contributed by atoms with Gasteiger partial charge in [-0.3, -0.25) is 9.59 Å². The second-order valence-electron chi connectivity index (χ2n) is 7.60. The smallest absolute Gasteiger partial charge is 0.235 e. The summed E-state index contributed by atoms with van der Waals surface area (Å²) in [6, 6.07) is 15.0. The minimum Gasteiger partial charge on any atom is -0.326 e. The standard InChI is InChI=1S/C22H23ClN2O2/c23-17-6-3-5-16(13-17)22(11-1-2-12-22)21(27)25-19-8-4-7-18(14-19)24-20(26)15-9-10-15/h3-8,13-15H,1-2,9-12H2,(H,24,26)(H,25,27). The highest BCUT2D eigenvalue weighted by atomic mass is 35.5. The molecule has 2 aliphatic carbocycles. The highest BCUT2D eigenvalue weighted by Gasteiger charge is 2.42. The van der Waals surface area contributed by atoms with Gasteiger partial charge in [-0.05, 0) is 61.6 Å². The number of carbonyl (C=O) groups excluding carboxylic acids is 2. The van der Waals surface area contributed by atoms with Gasteiger partial charge in [0, 0.05) is 22.3 Å². The quantitative estimate of drug-likeness (QED) is 0.752. The lowest BCUT2D eigenvalue weighted by molar-refractivity contribution is -0.121. The third kappa shape index (κ3) is 3.86. The molecule has 27 heavy (non-hydrogen) atoms. The molecule has 140 valence electrons. The van der Waals surface area contributed by atoms with Crippen LogP contribution in [0.3, 0.4) is 0 Å². The summed E-state index contributed by atoms with van der Waals surface area (Å²) in [6.45, 7) is 0. The molecule has 0 saturated heterocycles. The molecule has 2 saturated carbocycles. The van der Waals surface area contributed by atoms with Gasteiger partial charge < -0.3 is 10.6 Å². The molecule has 0 unspecified atom stereocenters. The summed E-state index contributed by atoms with van der Waals surface area (Å²) >= 11 is 6.18. The molecule has 2 aromatic carbocycles. The molecule has 0 heterocycles. The van der Waals surface area contributed by atoms with Crippen molar-refractivity contribution in [3.8, 4) is 0 Å². The average Bonchev–Trinajstić information content (AvgIpc) is 3.39. The van der Waals surface area contributed by atoms with Crippen LogP contribution >= 0.6 is 11.6 Å². The number of anilines is 2. The van der Waals surface area contributed by atoms with Crippen LogP contribution in [0.1, 0.15) is 44.1 Å². The molecule has 0 spiro atoms. The molecule has 0 radical (unpaired) electrons. The average molecular weight is 383 g/mol. The molecule has 5 heteroatoms. The van der Waals surface area contributed by atoms with Gasteiger partial charge in [-0.2, -0.15) is 0 Å². The van der Waals surface area contributed by atoms with Crippen molar-refractivity contribution >= 4 is 34.8 Å². The molecule has 2 aromatic rings. The van der Waals surface area contributed by atoms with Crippen molar-refractivity contribution in [3.63, 3.8) is 0 Å². The molecule has 0 atom stereocenters. The van der Waals surface area contributed by atoms with Gasteiger partial charge in [0.1, 0.15) is 0 Å². The summed E-state index contributed by atoms with van der Waals surface area (Å²) in [5.41, 5.74) is 1.84. The zero-order valence-corrected chi connectivity index (χ0v) is 15.9. The summed E-state index contributed by atoms with van der Waals surface area (Å²) in [6.07, 6.45) is 5.61. The van der Waals surface area contributed by atoms with Gasteiger partial charge >= 0.3 is 0 Å². The maximum Gasteiger partial charge on any atom is 0.235 e. The van der Waals surface area contributed by atoms with Crippen LogP contribution in [-0.4, -0.2) is 11.8 Å². The van der Waals surface area contributed by atoms with Crippen molar-refractivity contribution in [2.24, 2.45) is 5.92 Å². The van der Waals surface area contributed by atoms with Gasteiger partial charge in [-0.1, -0.05) is 42.6 Å². The van der Waals surface area contributed by atoms with E-state index in [4.69, 9.17) is 11.6 Å². The summed E-state index contributed by atoms with van der Waals surface area (Å²) in [5, 5.41) is 6.65. The van der Waals surface area contributed by atoms with E-state index in [9.17, 15) is 9.59 Å². The molecule has 2 aliphatic rings. The van der Waals surface area contributed by atoms with Gasteiger partial charge in [0.05, 0.1) is 5.41 Å². The fourth-order valence-electron chi connectivity index (χ4n) is 3.93. The predicted molar refractivity (Wildman–Crippen MR) is 108 cm³/mol. The van der Waals surface area contributed by atoms with Crippen molar-refractivity contribution in [1.29, 1.82) is 0 Å². The van der Waals surface area contributed by atoms with Crippen molar-refractivity contribution in [2.45, 2.75) is 43.9 Å². The lowest BCUT2D eigenvalue weighted by Gasteiger charge is -2.28. The first-order valence-corrected chi connectivity index (χ1v) is 9.93. The molecule has 0 aromatic heterocycles. The van der Waals surface area contributed by atoms with E-state index < -0.39 is 5.41 Å². The van der Waals surface area contributed by atoms with Crippen LogP contribution < -0.4 is 10.6 Å². The van der Waals surface area contributed by atoms with Gasteiger partial charge in [-0.15, -0.1) is 0 Å². The largest absolute Gasteiger partial charge is 0.326 e. The SMILES string of the molecule is O=C(Nc1cccc(NC(=O)C2(c3cccc(Cl)c3)CCCC2)c1)C1CC1. The molecule has 2 fully saturated rings. The first kappa shape index (κ1) is 18.1. The first-order chi connectivity index (χ1) is 13.1. The van der Waals surface area contributed by atoms with E-state index in [1.807, 2.05) is 48.5 Å². The first-order valence-electron chi connectivity index (χ1n) is 9.55. The van der Waals surface area contributed by atoms with Crippen LogP contribution in [0.5, 0.6) is 0 Å². The van der Waals surface area contributed by atoms with Crippen LogP contribution in [-0.2, 0) is 15.0 Å². The van der Waals surface area contributed by atoms with Crippen LogP contribution in [0, 0.1) is 5.92 Å². The van der Waals surface area contributed by atoms with Gasteiger partial charge in [0.2, 0.25) is 11.8 Å². The Morgan fingerprint density at radius 1 is 0.926 bits per heavy atom. The Kier molecular flexibility index (Phi) is 4.92. The van der Waals surface area contributed by atoms with Gasteiger partial charge in [-0.25, -0.2) is 0 Å². The molecule has 4 rings (SSSR count). The topological polar surface area (TPSA) is 58.2 Å². The van der Waals surface area contributed by atoms with E-state index in [2.05, 4.69) is 10.6 Å². The summed E-state index contributed by atoms with van der Waals surface area (Å²) in [4.78, 5) is 25.2. The zero-order valence-electron chi connectivity index (χ0n) is 15.1. The Balaban J connectivity index is 1.54. The van der Waals surface area contributed by atoms with Gasteiger partial charge in [0.25, 0.3) is 0 Å². The molecule has 2 amide bonds. The summed E-state index contributed by atoms with van der Waals surface area (Å²) < 4.78 is 0. The Morgan fingerprint density at radius 3 is 2.26 bits per heavy atom. The molecule has 2 N–H and O–H groups in total. The molecular formula is C22H23ClN2O2. The minimum atomic E-state index is -0.543. The van der Waals surface area contributed by atoms with Crippen LogP contribution in [0.25, 0.3) is 0 Å². The van der Waals surface area contributed by atoms with E-state index in [-0.39, 0.29) is 17.7 Å². The number of amides is 2. The van der Waals surface area contributed by atoms with E-state index in [1.165, 1.54) is 0 Å². The normalized spacial score (nSPS) is 18.1. The van der Waals surface area contributed by atoms with Gasteiger partial charge in [0.15, 0.2) is 0 Å². The second-order valence-corrected chi connectivity index (χ2v) is 8.03. The number of nitrogens with one attached hydrogen (secondary N) is 2. The third-order valence-corrected chi connectivity index (χ3v) is 5.84. The van der Waals surface area contributed by atoms with E-state index >= 15 is 0 Å². The summed E-state index contributed by atoms with van der Waals surface area (Å²) in [7, 11) is 0. The van der Waals surface area contributed by atoms with Crippen molar-refractivity contribution in [1.82, 2.24) is 0 Å². The predicted octanol–water partition coefficient (Wildman–Crippen LogP) is 5.14. The Bertz CT molecular complexity index is 870. The van der Waals surface area contributed by atoms with Crippen molar-refractivity contribution < 1.29 is 9.59 Å². The number of rotatable bonds is 5. The fraction of sp³-hybridized carbons (Fsp3) is 0.364. The number of hydrogen-bond acceptors (Lipinski definition) is 2. The molecule has 0 aliphatic heterocycles. The van der Waals surface area contributed by atoms with E-state index in [1.54, 1.807) is 0 Å². The monoisotopic (exact) mass is 382 g/mol. The van der Waals surface area contributed by atoms with E-state index in [0.717, 1.165) is 44.1 Å². The molecule has 0 bridgehead atoms. The highest BCUT2D eigenvalue weighted by Crippen LogP contribution is 2.42. The highest BCUT2D eigenvalue weighted by molar-refractivity contribution is 6.30. The number of carbonyl (C=O) groups is 2. The maximum absolute atomic E-state index is 13.3. The lowest BCUT2D eigenvalue weighted by atomic mass is 9.78. The van der Waals surface area contributed by atoms with Crippen molar-refractivity contribution in [2.75, 3.05) is 10.6 Å². The van der Waals surface area contributed by atoms with Crippen LogP contribution in [0.2, 0.25) is 5.02 Å². The zero-order chi connectivity index (χ0) is 18.9. The lowest BCUT2D eigenvalue weighted by Crippen LogP contribution is -2.38. The number of benzene rings is 2. The molecular weight excluding hydrogens is 360 g/mol. The second kappa shape index (κ2) is 7.35. The Hall–Kier alpha value is -2.33. The molecule has 4 nitrogen and oxygen atoms in total. The van der Waals surface area contributed by atoms with Crippen LogP contribution in [0.4, 0.5) is 11.4 Å². The Morgan fingerprint density at radius 2 is 1.59 bits per heavy atom. The fourth-order valence-corrected chi connectivity index (χ4v) is 4.12. The summed E-state index contributed by atoms with van der Waals surface area (Å²) in [5.74, 6) is 0.199.